The van der Waals surface area contributed by atoms with Gasteiger partial charge in [-0.05, 0) is 10.4 Å². The van der Waals surface area contributed by atoms with Crippen LogP contribution in [0.3, 0.4) is 0 Å². The quantitative estimate of drug-likeness (QED) is 0.660. The number of aryl methyl sites for hydroxylation is 2. The highest BCUT2D eigenvalue weighted by atomic mass is 35.5. The van der Waals surface area contributed by atoms with Crippen molar-refractivity contribution in [2.24, 2.45) is 14.1 Å². The third-order valence-corrected chi connectivity index (χ3v) is 2.18. The van der Waals surface area contributed by atoms with Crippen molar-refractivity contribution in [2.45, 2.75) is 0 Å². The summed E-state index contributed by atoms with van der Waals surface area (Å²) in [6, 6.07) is 0. The molecule has 13 heavy (non-hydrogen) atoms. The van der Waals surface area contributed by atoms with E-state index in [0.29, 0.717) is 11.0 Å². The second-order valence-electron chi connectivity index (χ2n) is 2.60. The predicted molar refractivity (Wildman–Crippen MR) is 46.0 cm³/mol. The van der Waals surface area contributed by atoms with Crippen LogP contribution in [0.4, 0.5) is 0 Å². The predicted octanol–water partition coefficient (Wildman–Crippen LogP) is 0.264. The largest absolute Gasteiger partial charge is 0.256 e. The van der Waals surface area contributed by atoms with Crippen LogP contribution in [-0.4, -0.2) is 30.0 Å². The molecule has 0 saturated carbocycles. The minimum atomic E-state index is 0.526. The van der Waals surface area contributed by atoms with E-state index in [4.69, 9.17) is 11.6 Å². The van der Waals surface area contributed by atoms with E-state index in [2.05, 4.69) is 20.6 Å². The highest BCUT2D eigenvalue weighted by molar-refractivity contribution is 6.32. The molecule has 0 aliphatic heterocycles. The highest BCUT2D eigenvalue weighted by Gasteiger charge is 2.13. The van der Waals surface area contributed by atoms with Gasteiger partial charge in [0.05, 0.1) is 11.8 Å². The van der Waals surface area contributed by atoms with E-state index >= 15 is 0 Å². The summed E-state index contributed by atoms with van der Waals surface area (Å²) >= 11 is 5.96. The second-order valence-corrected chi connectivity index (χ2v) is 2.96. The molecule has 0 radical (unpaired) electrons. The van der Waals surface area contributed by atoms with Crippen LogP contribution in [0.25, 0.3) is 11.4 Å². The first-order valence-corrected chi connectivity index (χ1v) is 3.98. The van der Waals surface area contributed by atoms with Crippen molar-refractivity contribution in [1.82, 2.24) is 30.0 Å². The van der Waals surface area contributed by atoms with E-state index < -0.39 is 0 Å². The van der Waals surface area contributed by atoms with Crippen LogP contribution in [0.2, 0.25) is 5.15 Å². The lowest BCUT2D eigenvalue weighted by Crippen LogP contribution is -1.94. The van der Waals surface area contributed by atoms with Gasteiger partial charge in [0.15, 0.2) is 5.82 Å². The Morgan fingerprint density at radius 2 is 2.08 bits per heavy atom. The van der Waals surface area contributed by atoms with Gasteiger partial charge in [-0.3, -0.25) is 4.68 Å². The fourth-order valence-electron chi connectivity index (χ4n) is 1.03. The van der Waals surface area contributed by atoms with Gasteiger partial charge in [0.1, 0.15) is 5.15 Å². The maximum absolute atomic E-state index is 5.96. The molecule has 0 aromatic carbocycles. The molecule has 2 heterocycles. The molecule has 0 atom stereocenters. The van der Waals surface area contributed by atoms with Gasteiger partial charge in [-0.1, -0.05) is 11.6 Å². The Kier molecular flexibility index (Phi) is 1.77. The summed E-state index contributed by atoms with van der Waals surface area (Å²) in [5.74, 6) is 0.609. The van der Waals surface area contributed by atoms with Crippen molar-refractivity contribution in [1.29, 1.82) is 0 Å². The van der Waals surface area contributed by atoms with Gasteiger partial charge in [-0.15, -0.1) is 5.10 Å². The number of halogens is 1. The molecule has 0 amide bonds. The van der Waals surface area contributed by atoms with Crippen molar-refractivity contribution in [3.63, 3.8) is 0 Å². The second kappa shape index (κ2) is 2.81. The number of aromatic nitrogens is 6. The van der Waals surface area contributed by atoms with Gasteiger partial charge in [0.25, 0.3) is 0 Å². The first kappa shape index (κ1) is 8.18. The molecule has 0 spiro atoms. The van der Waals surface area contributed by atoms with Gasteiger partial charge in [0.2, 0.25) is 0 Å². The topological polar surface area (TPSA) is 61.4 Å². The Bertz CT molecular complexity index is 430. The Morgan fingerprint density at radius 3 is 2.54 bits per heavy atom. The normalized spacial score (nSPS) is 10.7. The fourth-order valence-corrected chi connectivity index (χ4v) is 1.21. The van der Waals surface area contributed by atoms with E-state index in [0.717, 1.165) is 5.56 Å². The molecule has 0 N–H and O–H groups in total. The first-order valence-electron chi connectivity index (χ1n) is 3.60. The van der Waals surface area contributed by atoms with Crippen LogP contribution in [0.1, 0.15) is 0 Å². The third-order valence-electron chi connectivity index (χ3n) is 1.73. The molecular formula is C6H7ClN6. The van der Waals surface area contributed by atoms with Crippen molar-refractivity contribution >= 4 is 11.6 Å². The summed E-state index contributed by atoms with van der Waals surface area (Å²) < 4.78 is 3.11. The van der Waals surface area contributed by atoms with Crippen molar-refractivity contribution in [2.75, 3.05) is 0 Å². The number of hydrogen-bond donors (Lipinski definition) is 0. The monoisotopic (exact) mass is 198 g/mol. The van der Waals surface area contributed by atoms with Crippen LogP contribution in [0, 0.1) is 0 Å². The van der Waals surface area contributed by atoms with E-state index in [-0.39, 0.29) is 0 Å². The summed E-state index contributed by atoms with van der Waals surface area (Å²) in [5.41, 5.74) is 0.733. The molecule has 0 aliphatic carbocycles. The van der Waals surface area contributed by atoms with Crippen LogP contribution in [0.5, 0.6) is 0 Å². The molecule has 2 rings (SSSR count). The Balaban J connectivity index is 2.59. The highest BCUT2D eigenvalue weighted by Crippen LogP contribution is 2.23. The molecule has 0 bridgehead atoms. The average molecular weight is 199 g/mol. The third kappa shape index (κ3) is 1.19. The standard InChI is InChI=1S/C6H7ClN6/c1-12-5(7)4(3-8-12)6-9-10-11-13(6)2/h3H,1-2H3. The summed E-state index contributed by atoms with van der Waals surface area (Å²) in [4.78, 5) is 0. The SMILES string of the molecule is Cn1nnnc1-c1cnn(C)c1Cl. The summed E-state index contributed by atoms with van der Waals surface area (Å²) in [7, 11) is 3.51. The lowest BCUT2D eigenvalue weighted by Gasteiger charge is -1.95. The van der Waals surface area contributed by atoms with E-state index in [1.165, 1.54) is 0 Å². The number of nitrogens with zero attached hydrogens (tertiary/aromatic N) is 6. The zero-order valence-corrected chi connectivity index (χ0v) is 7.89. The average Bonchev–Trinajstić information content (AvgIpc) is 2.62. The molecule has 68 valence electrons. The van der Waals surface area contributed by atoms with Gasteiger partial charge in [0, 0.05) is 14.1 Å². The zero-order chi connectivity index (χ0) is 9.42. The Morgan fingerprint density at radius 1 is 1.31 bits per heavy atom. The summed E-state index contributed by atoms with van der Waals surface area (Å²) in [6.45, 7) is 0. The van der Waals surface area contributed by atoms with E-state index in [1.807, 2.05) is 0 Å². The maximum Gasteiger partial charge on any atom is 0.186 e. The van der Waals surface area contributed by atoms with Crippen molar-refractivity contribution in [3.05, 3.63) is 11.3 Å². The number of hydrogen-bond acceptors (Lipinski definition) is 4. The minimum Gasteiger partial charge on any atom is -0.256 e. The van der Waals surface area contributed by atoms with Gasteiger partial charge >= 0.3 is 0 Å². The molecule has 6 nitrogen and oxygen atoms in total. The molecule has 2 aromatic rings. The fraction of sp³-hybridized carbons (Fsp3) is 0.333. The lowest BCUT2D eigenvalue weighted by molar-refractivity contribution is 0.714. The zero-order valence-electron chi connectivity index (χ0n) is 7.14. The molecule has 7 heteroatoms. The number of rotatable bonds is 1. The molecule has 0 unspecified atom stereocenters. The van der Waals surface area contributed by atoms with Gasteiger partial charge in [-0.25, -0.2) is 4.68 Å². The lowest BCUT2D eigenvalue weighted by atomic mass is 10.3. The molecular weight excluding hydrogens is 192 g/mol. The maximum atomic E-state index is 5.96. The molecule has 0 fully saturated rings. The summed E-state index contributed by atoms with van der Waals surface area (Å²) in [6.07, 6.45) is 1.63. The Labute approximate surface area is 79.1 Å². The van der Waals surface area contributed by atoms with Crippen molar-refractivity contribution in [3.8, 4) is 11.4 Å². The van der Waals surface area contributed by atoms with E-state index in [1.54, 1.807) is 29.7 Å². The minimum absolute atomic E-state index is 0.526. The smallest absolute Gasteiger partial charge is 0.186 e. The first-order chi connectivity index (χ1) is 6.20. The van der Waals surface area contributed by atoms with Crippen LogP contribution < -0.4 is 0 Å². The molecule has 0 aliphatic rings. The van der Waals surface area contributed by atoms with E-state index in [9.17, 15) is 0 Å². The van der Waals surface area contributed by atoms with Crippen molar-refractivity contribution < 1.29 is 0 Å². The molecule has 0 saturated heterocycles. The van der Waals surface area contributed by atoms with Gasteiger partial charge < -0.3 is 0 Å². The Hall–Kier alpha value is -1.43. The van der Waals surface area contributed by atoms with Crippen LogP contribution in [-0.2, 0) is 14.1 Å². The molecule has 2 aromatic heterocycles. The summed E-state index contributed by atoms with van der Waals surface area (Å²) in [5, 5.41) is 15.6. The van der Waals surface area contributed by atoms with Crippen LogP contribution in [0.15, 0.2) is 6.20 Å². The van der Waals surface area contributed by atoms with Crippen LogP contribution >= 0.6 is 11.6 Å². The van der Waals surface area contributed by atoms with Gasteiger partial charge in [-0.2, -0.15) is 5.10 Å². The number of tetrazole rings is 1.